The molecule has 0 atom stereocenters. The van der Waals surface area contributed by atoms with E-state index in [-0.39, 0.29) is 18.5 Å². The van der Waals surface area contributed by atoms with Crippen LogP contribution in [0.25, 0.3) is 0 Å². The van der Waals surface area contributed by atoms with Crippen molar-refractivity contribution in [1.82, 2.24) is 5.43 Å². The number of carbonyl (C=O) groups is 2. The zero-order valence-electron chi connectivity index (χ0n) is 17.0. The Bertz CT molecular complexity index is 897. The Kier molecular flexibility index (Phi) is 9.05. The van der Waals surface area contributed by atoms with Crippen LogP contribution in [0, 0.1) is 0 Å². The van der Waals surface area contributed by atoms with E-state index in [0.29, 0.717) is 6.61 Å². The SMILES string of the molecule is CCCCOc1ccc(C=NNC(=O)CCC(=O)Nc2cccc(C(F)(F)F)c2)cc1. The van der Waals surface area contributed by atoms with Crippen LogP contribution in [0.15, 0.2) is 53.6 Å². The van der Waals surface area contributed by atoms with Crippen molar-refractivity contribution in [1.29, 1.82) is 0 Å². The van der Waals surface area contributed by atoms with Gasteiger partial charge in [-0.05, 0) is 54.4 Å². The smallest absolute Gasteiger partial charge is 0.416 e. The van der Waals surface area contributed by atoms with Gasteiger partial charge in [-0.25, -0.2) is 5.43 Å². The first kappa shape index (κ1) is 23.9. The lowest BCUT2D eigenvalue weighted by Crippen LogP contribution is -2.20. The summed E-state index contributed by atoms with van der Waals surface area (Å²) >= 11 is 0. The molecule has 0 spiro atoms. The van der Waals surface area contributed by atoms with Gasteiger partial charge in [-0.2, -0.15) is 18.3 Å². The Morgan fingerprint density at radius 2 is 1.77 bits per heavy atom. The molecule has 6 nitrogen and oxygen atoms in total. The number of rotatable bonds is 10. The minimum Gasteiger partial charge on any atom is -0.494 e. The molecule has 0 aromatic heterocycles. The van der Waals surface area contributed by atoms with E-state index in [9.17, 15) is 22.8 Å². The molecule has 0 aliphatic rings. The number of halogens is 3. The summed E-state index contributed by atoms with van der Waals surface area (Å²) in [6.45, 7) is 2.74. The Labute approximate surface area is 178 Å². The number of ether oxygens (including phenoxy) is 1. The molecule has 0 bridgehead atoms. The number of anilines is 1. The van der Waals surface area contributed by atoms with Crippen LogP contribution in [0.1, 0.15) is 43.7 Å². The molecular formula is C22H24F3N3O3. The van der Waals surface area contributed by atoms with Gasteiger partial charge >= 0.3 is 6.18 Å². The highest BCUT2D eigenvalue weighted by atomic mass is 19.4. The molecule has 2 rings (SSSR count). The van der Waals surface area contributed by atoms with Gasteiger partial charge in [0, 0.05) is 18.5 Å². The minimum absolute atomic E-state index is 0.0142. The number of amides is 2. The summed E-state index contributed by atoms with van der Waals surface area (Å²) in [5.74, 6) is -0.312. The van der Waals surface area contributed by atoms with Crippen LogP contribution in [0.2, 0.25) is 0 Å². The van der Waals surface area contributed by atoms with Crippen molar-refractivity contribution in [3.8, 4) is 5.75 Å². The second kappa shape index (κ2) is 11.7. The number of nitrogens with zero attached hydrogens (tertiary/aromatic N) is 1. The van der Waals surface area contributed by atoms with Crippen LogP contribution in [0.5, 0.6) is 5.75 Å². The molecule has 9 heteroatoms. The molecule has 31 heavy (non-hydrogen) atoms. The molecule has 0 saturated heterocycles. The normalized spacial score (nSPS) is 11.4. The van der Waals surface area contributed by atoms with Crippen LogP contribution in [-0.4, -0.2) is 24.6 Å². The van der Waals surface area contributed by atoms with Gasteiger partial charge in [0.1, 0.15) is 5.75 Å². The summed E-state index contributed by atoms with van der Waals surface area (Å²) in [6.07, 6.45) is -1.37. The number of carbonyl (C=O) groups excluding carboxylic acids is 2. The molecule has 0 heterocycles. The standard InChI is InChI=1S/C22H24F3N3O3/c1-2-3-13-31-19-9-7-16(8-10-19)15-26-28-21(30)12-11-20(29)27-18-6-4-5-17(14-18)22(23,24)25/h4-10,14-15H,2-3,11-13H2,1H3,(H,27,29)(H,28,30). The topological polar surface area (TPSA) is 79.8 Å². The highest BCUT2D eigenvalue weighted by Crippen LogP contribution is 2.30. The first-order valence-electron chi connectivity index (χ1n) is 9.80. The largest absolute Gasteiger partial charge is 0.494 e. The molecule has 0 saturated carbocycles. The fourth-order valence-corrected chi connectivity index (χ4v) is 2.44. The average Bonchev–Trinajstić information content (AvgIpc) is 2.73. The quantitative estimate of drug-likeness (QED) is 0.321. The van der Waals surface area contributed by atoms with Crippen LogP contribution in [-0.2, 0) is 15.8 Å². The number of alkyl halides is 3. The predicted molar refractivity (Wildman–Crippen MR) is 112 cm³/mol. The number of hydrogen-bond donors (Lipinski definition) is 2. The molecule has 2 aromatic rings. The van der Waals surface area contributed by atoms with Crippen molar-refractivity contribution >= 4 is 23.7 Å². The molecule has 0 aliphatic heterocycles. The molecular weight excluding hydrogens is 411 g/mol. The van der Waals surface area contributed by atoms with Crippen LogP contribution in [0.4, 0.5) is 18.9 Å². The number of nitrogens with one attached hydrogen (secondary N) is 2. The summed E-state index contributed by atoms with van der Waals surface area (Å²) < 4.78 is 43.6. The van der Waals surface area contributed by atoms with Crippen molar-refractivity contribution in [3.63, 3.8) is 0 Å². The van der Waals surface area contributed by atoms with E-state index in [4.69, 9.17) is 4.74 Å². The summed E-state index contributed by atoms with van der Waals surface area (Å²) in [5.41, 5.74) is 2.21. The van der Waals surface area contributed by atoms with Crippen LogP contribution >= 0.6 is 0 Å². The van der Waals surface area contributed by atoms with Crippen LogP contribution < -0.4 is 15.5 Å². The highest BCUT2D eigenvalue weighted by Gasteiger charge is 2.30. The van der Waals surface area contributed by atoms with E-state index < -0.39 is 23.6 Å². The second-order valence-electron chi connectivity index (χ2n) is 6.69. The van der Waals surface area contributed by atoms with Crippen molar-refractivity contribution in [2.24, 2.45) is 5.10 Å². The van der Waals surface area contributed by atoms with Crippen molar-refractivity contribution in [3.05, 3.63) is 59.7 Å². The third-order valence-corrected chi connectivity index (χ3v) is 4.10. The van der Waals surface area contributed by atoms with Gasteiger partial charge in [0.15, 0.2) is 0 Å². The second-order valence-corrected chi connectivity index (χ2v) is 6.69. The zero-order valence-corrected chi connectivity index (χ0v) is 17.0. The summed E-state index contributed by atoms with van der Waals surface area (Å²) in [6, 6.07) is 11.5. The van der Waals surface area contributed by atoms with E-state index in [1.807, 2.05) is 0 Å². The van der Waals surface area contributed by atoms with E-state index in [2.05, 4.69) is 22.8 Å². The van der Waals surface area contributed by atoms with Crippen molar-refractivity contribution < 1.29 is 27.5 Å². The van der Waals surface area contributed by atoms with E-state index >= 15 is 0 Å². The third kappa shape index (κ3) is 8.90. The molecule has 166 valence electrons. The lowest BCUT2D eigenvalue weighted by molar-refractivity contribution is -0.137. The van der Waals surface area contributed by atoms with Crippen molar-refractivity contribution in [2.45, 2.75) is 38.8 Å². The first-order chi connectivity index (χ1) is 14.8. The fourth-order valence-electron chi connectivity index (χ4n) is 2.44. The minimum atomic E-state index is -4.50. The van der Waals surface area contributed by atoms with Gasteiger partial charge in [-0.3, -0.25) is 9.59 Å². The maximum atomic E-state index is 12.7. The highest BCUT2D eigenvalue weighted by molar-refractivity contribution is 5.93. The summed E-state index contributed by atoms with van der Waals surface area (Å²) in [7, 11) is 0. The van der Waals surface area contributed by atoms with Crippen LogP contribution in [0.3, 0.4) is 0 Å². The fraction of sp³-hybridized carbons (Fsp3) is 0.318. The lowest BCUT2D eigenvalue weighted by Gasteiger charge is -2.09. The van der Waals surface area contributed by atoms with E-state index in [1.54, 1.807) is 24.3 Å². The number of unbranched alkanes of at least 4 members (excludes halogenated alkanes) is 1. The Balaban J connectivity index is 1.73. The average molecular weight is 435 g/mol. The van der Waals surface area contributed by atoms with E-state index in [1.165, 1.54) is 18.3 Å². The monoisotopic (exact) mass is 435 g/mol. The molecule has 0 fully saturated rings. The number of hydrazone groups is 1. The third-order valence-electron chi connectivity index (χ3n) is 4.10. The van der Waals surface area contributed by atoms with Crippen molar-refractivity contribution in [2.75, 3.05) is 11.9 Å². The zero-order chi connectivity index (χ0) is 22.7. The Morgan fingerprint density at radius 1 is 1.06 bits per heavy atom. The molecule has 2 aromatic carbocycles. The predicted octanol–water partition coefficient (Wildman–Crippen LogP) is 4.75. The molecule has 0 radical (unpaired) electrons. The number of hydrogen-bond acceptors (Lipinski definition) is 4. The van der Waals surface area contributed by atoms with Gasteiger partial charge in [-0.1, -0.05) is 19.4 Å². The van der Waals surface area contributed by atoms with Gasteiger partial charge in [0.05, 0.1) is 18.4 Å². The molecule has 0 unspecified atom stereocenters. The van der Waals surface area contributed by atoms with Gasteiger partial charge in [0.2, 0.25) is 11.8 Å². The Morgan fingerprint density at radius 3 is 2.45 bits per heavy atom. The maximum Gasteiger partial charge on any atom is 0.416 e. The first-order valence-corrected chi connectivity index (χ1v) is 9.80. The molecule has 0 aliphatic carbocycles. The van der Waals surface area contributed by atoms with E-state index in [0.717, 1.165) is 36.3 Å². The Hall–Kier alpha value is -3.36. The van der Waals surface area contributed by atoms with Gasteiger partial charge < -0.3 is 10.1 Å². The molecule has 2 N–H and O–H groups in total. The molecule has 2 amide bonds. The summed E-state index contributed by atoms with van der Waals surface area (Å²) in [5, 5.41) is 6.17. The maximum absolute atomic E-state index is 12.7. The lowest BCUT2D eigenvalue weighted by atomic mass is 10.2. The number of benzene rings is 2. The van der Waals surface area contributed by atoms with Gasteiger partial charge in [0.25, 0.3) is 0 Å². The van der Waals surface area contributed by atoms with Gasteiger partial charge in [-0.15, -0.1) is 0 Å². The summed E-state index contributed by atoms with van der Waals surface area (Å²) in [4.78, 5) is 23.7.